The summed E-state index contributed by atoms with van der Waals surface area (Å²) in [5, 5.41) is 17.9. The van der Waals surface area contributed by atoms with Gasteiger partial charge in [-0.1, -0.05) is 30.3 Å². The molecule has 5 heteroatoms. The van der Waals surface area contributed by atoms with Crippen molar-refractivity contribution in [3.05, 3.63) is 48.2 Å². The maximum absolute atomic E-state index is 10.6. The topological polar surface area (TPSA) is 67.4 Å². The normalized spacial score (nSPS) is 10.6. The number of hydrogen-bond donors (Lipinski definition) is 2. The van der Waals surface area contributed by atoms with Gasteiger partial charge in [-0.15, -0.1) is 0 Å². The molecule has 0 aliphatic carbocycles. The van der Waals surface area contributed by atoms with Crippen molar-refractivity contribution in [3.8, 4) is 39.6 Å². The first-order valence-electron chi connectivity index (χ1n) is 7.22. The summed E-state index contributed by atoms with van der Waals surface area (Å²) in [5.41, 5.74) is 4.18. The zero-order valence-electron chi connectivity index (χ0n) is 13.3. The number of methoxy groups -OCH3 is 2. The van der Waals surface area contributed by atoms with Gasteiger partial charge in [0.15, 0.2) is 11.5 Å². The van der Waals surface area contributed by atoms with Crippen LogP contribution in [-0.2, 0) is 0 Å². The zero-order valence-corrected chi connectivity index (χ0v) is 13.3. The van der Waals surface area contributed by atoms with Crippen molar-refractivity contribution < 1.29 is 14.6 Å². The van der Waals surface area contributed by atoms with Crippen LogP contribution in [0.5, 0.6) is 17.2 Å². The maximum atomic E-state index is 10.6. The number of benzene rings is 2. The van der Waals surface area contributed by atoms with Crippen molar-refractivity contribution in [3.63, 3.8) is 0 Å². The highest BCUT2D eigenvalue weighted by atomic mass is 16.5. The van der Waals surface area contributed by atoms with E-state index in [4.69, 9.17) is 9.47 Å². The summed E-state index contributed by atoms with van der Waals surface area (Å²) in [7, 11) is 3.03. The fourth-order valence-corrected chi connectivity index (χ4v) is 2.68. The Kier molecular flexibility index (Phi) is 3.93. The highest BCUT2D eigenvalue weighted by molar-refractivity contribution is 5.86. The lowest BCUT2D eigenvalue weighted by atomic mass is 9.98. The molecule has 0 amide bonds. The van der Waals surface area contributed by atoms with Gasteiger partial charge >= 0.3 is 0 Å². The van der Waals surface area contributed by atoms with Gasteiger partial charge in [0.05, 0.1) is 14.2 Å². The first-order chi connectivity index (χ1) is 11.2. The molecule has 5 nitrogen and oxygen atoms in total. The summed E-state index contributed by atoms with van der Waals surface area (Å²) in [4.78, 5) is 0. The van der Waals surface area contributed by atoms with Gasteiger partial charge in [-0.25, -0.2) is 0 Å². The van der Waals surface area contributed by atoms with Crippen LogP contribution < -0.4 is 9.47 Å². The lowest BCUT2D eigenvalue weighted by Crippen LogP contribution is -1.93. The highest BCUT2D eigenvalue weighted by Crippen LogP contribution is 2.45. The van der Waals surface area contributed by atoms with Crippen molar-refractivity contribution in [2.45, 2.75) is 6.92 Å². The Morgan fingerprint density at radius 2 is 1.74 bits per heavy atom. The van der Waals surface area contributed by atoms with Crippen molar-refractivity contribution >= 4 is 0 Å². The summed E-state index contributed by atoms with van der Waals surface area (Å²) >= 11 is 0. The predicted molar refractivity (Wildman–Crippen MR) is 89.0 cm³/mol. The van der Waals surface area contributed by atoms with E-state index in [0.717, 1.165) is 16.8 Å². The van der Waals surface area contributed by atoms with Crippen LogP contribution in [0.1, 0.15) is 5.69 Å². The van der Waals surface area contributed by atoms with Crippen LogP contribution in [0.25, 0.3) is 22.4 Å². The number of H-pyrrole nitrogens is 1. The van der Waals surface area contributed by atoms with Gasteiger partial charge < -0.3 is 14.6 Å². The van der Waals surface area contributed by atoms with Gasteiger partial charge in [-0.05, 0) is 24.6 Å². The maximum Gasteiger partial charge on any atom is 0.203 e. The predicted octanol–water partition coefficient (Wildman–Crippen LogP) is 3.77. The molecular formula is C18H18N2O3. The van der Waals surface area contributed by atoms with E-state index in [-0.39, 0.29) is 5.75 Å². The van der Waals surface area contributed by atoms with Gasteiger partial charge in [0.2, 0.25) is 5.75 Å². The molecule has 23 heavy (non-hydrogen) atoms. The lowest BCUT2D eigenvalue weighted by molar-refractivity contribution is 0.334. The minimum absolute atomic E-state index is 0.00975. The highest BCUT2D eigenvalue weighted by Gasteiger charge is 2.21. The Balaban J connectivity index is 2.22. The van der Waals surface area contributed by atoms with Gasteiger partial charge in [-0.3, -0.25) is 5.10 Å². The molecule has 3 rings (SSSR count). The Bertz CT molecular complexity index is 826. The van der Waals surface area contributed by atoms with E-state index < -0.39 is 0 Å². The molecule has 0 fully saturated rings. The number of rotatable bonds is 4. The summed E-state index contributed by atoms with van der Waals surface area (Å²) in [6, 6.07) is 13.5. The monoisotopic (exact) mass is 310 g/mol. The molecule has 0 spiro atoms. The van der Waals surface area contributed by atoms with Crippen molar-refractivity contribution in [1.29, 1.82) is 0 Å². The summed E-state index contributed by atoms with van der Waals surface area (Å²) < 4.78 is 10.5. The van der Waals surface area contributed by atoms with Gasteiger partial charge in [0.25, 0.3) is 0 Å². The molecule has 1 heterocycles. The molecule has 0 radical (unpaired) electrons. The van der Waals surface area contributed by atoms with Crippen LogP contribution >= 0.6 is 0 Å². The molecule has 0 saturated carbocycles. The molecule has 0 atom stereocenters. The number of ether oxygens (including phenoxy) is 2. The number of phenols is 1. The number of phenolic OH excluding ortho intramolecular Hbond substituents is 1. The Hall–Kier alpha value is -2.95. The minimum atomic E-state index is 0.00975. The van der Waals surface area contributed by atoms with E-state index in [1.807, 2.05) is 37.3 Å². The molecule has 0 unspecified atom stereocenters. The third-order valence-corrected chi connectivity index (χ3v) is 3.78. The molecule has 118 valence electrons. The van der Waals surface area contributed by atoms with Gasteiger partial charge in [0.1, 0.15) is 5.69 Å². The fraction of sp³-hybridized carbons (Fsp3) is 0.167. The molecule has 0 aliphatic rings. The Morgan fingerprint density at radius 3 is 2.39 bits per heavy atom. The quantitative estimate of drug-likeness (QED) is 0.769. The average Bonchev–Trinajstić information content (AvgIpc) is 2.96. The SMILES string of the molecule is COc1ccc(-c2n[nH]c(C)c2-c2ccccc2)c(O)c1OC. The second kappa shape index (κ2) is 6.04. The molecule has 0 aliphatic heterocycles. The number of aryl methyl sites for hydroxylation is 1. The van der Waals surface area contributed by atoms with Gasteiger partial charge in [-0.2, -0.15) is 5.10 Å². The van der Waals surface area contributed by atoms with Crippen molar-refractivity contribution in [1.82, 2.24) is 10.2 Å². The zero-order chi connectivity index (χ0) is 16.4. The summed E-state index contributed by atoms with van der Waals surface area (Å²) in [6.07, 6.45) is 0. The van der Waals surface area contributed by atoms with E-state index in [1.54, 1.807) is 12.1 Å². The van der Waals surface area contributed by atoms with Crippen LogP contribution in [-0.4, -0.2) is 29.5 Å². The first kappa shape index (κ1) is 15.0. The Labute approximate surface area is 134 Å². The standard InChI is InChI=1S/C18H18N2O3/c1-11-15(12-7-5-4-6-8-12)16(20-19-11)13-9-10-14(22-2)18(23-3)17(13)21/h4-10,21H,1-3H3,(H,19,20). The van der Waals surface area contributed by atoms with E-state index in [9.17, 15) is 5.11 Å². The van der Waals surface area contributed by atoms with E-state index in [1.165, 1.54) is 14.2 Å². The first-order valence-corrected chi connectivity index (χ1v) is 7.22. The molecule has 3 aromatic rings. The second-order valence-electron chi connectivity index (χ2n) is 5.14. The van der Waals surface area contributed by atoms with E-state index in [0.29, 0.717) is 22.8 Å². The summed E-state index contributed by atoms with van der Waals surface area (Å²) in [5.74, 6) is 0.780. The summed E-state index contributed by atoms with van der Waals surface area (Å²) in [6.45, 7) is 1.95. The van der Waals surface area contributed by atoms with Crippen LogP contribution in [0.4, 0.5) is 0 Å². The number of aromatic hydroxyl groups is 1. The molecule has 2 aromatic carbocycles. The molecule has 0 saturated heterocycles. The molecule has 1 aromatic heterocycles. The molecule has 2 N–H and O–H groups in total. The van der Waals surface area contributed by atoms with Crippen LogP contribution in [0, 0.1) is 6.92 Å². The second-order valence-corrected chi connectivity index (χ2v) is 5.14. The van der Waals surface area contributed by atoms with Gasteiger partial charge in [0, 0.05) is 16.8 Å². The largest absolute Gasteiger partial charge is 0.504 e. The number of nitrogens with zero attached hydrogens (tertiary/aromatic N) is 1. The van der Waals surface area contributed by atoms with E-state index in [2.05, 4.69) is 10.2 Å². The van der Waals surface area contributed by atoms with Crippen LogP contribution in [0.2, 0.25) is 0 Å². The molecule has 0 bridgehead atoms. The third kappa shape index (κ3) is 2.50. The lowest BCUT2D eigenvalue weighted by Gasteiger charge is -2.13. The van der Waals surface area contributed by atoms with Crippen molar-refractivity contribution in [2.24, 2.45) is 0 Å². The third-order valence-electron chi connectivity index (χ3n) is 3.78. The van der Waals surface area contributed by atoms with E-state index >= 15 is 0 Å². The smallest absolute Gasteiger partial charge is 0.203 e. The number of aromatic nitrogens is 2. The van der Waals surface area contributed by atoms with Crippen molar-refractivity contribution in [2.75, 3.05) is 14.2 Å². The average molecular weight is 310 g/mol. The van der Waals surface area contributed by atoms with Crippen LogP contribution in [0.3, 0.4) is 0 Å². The fourth-order valence-electron chi connectivity index (χ4n) is 2.68. The number of nitrogens with one attached hydrogen (secondary N) is 1. The number of hydrogen-bond acceptors (Lipinski definition) is 4. The minimum Gasteiger partial charge on any atom is -0.504 e. The Morgan fingerprint density at radius 1 is 1.00 bits per heavy atom. The molecular weight excluding hydrogens is 292 g/mol. The number of aromatic amines is 1. The van der Waals surface area contributed by atoms with Crippen LogP contribution in [0.15, 0.2) is 42.5 Å².